The zero-order chi connectivity index (χ0) is 25.1. The lowest BCUT2D eigenvalue weighted by Gasteiger charge is -2.25. The molecule has 5 rings (SSSR count). The molecule has 2 aromatic heterocycles. The summed E-state index contributed by atoms with van der Waals surface area (Å²) in [5.41, 5.74) is 3.21. The average Bonchev–Trinajstić information content (AvgIpc) is 3.28. The first-order chi connectivity index (χ1) is 17.5. The smallest absolute Gasteiger partial charge is 0.342 e. The SMILES string of the molecule is O=C(Nc1ccc(O)c(-c2cc(C3CCC3)n(C(=O)NCc3ccc(F)cc3)n2)c1)c1cccnc1. The number of amides is 2. The second-order valence-corrected chi connectivity index (χ2v) is 8.71. The minimum absolute atomic E-state index is 0.0223. The zero-order valence-corrected chi connectivity index (χ0v) is 19.3. The fourth-order valence-corrected chi connectivity index (χ4v) is 4.06. The maximum absolute atomic E-state index is 13.2. The summed E-state index contributed by atoms with van der Waals surface area (Å²) < 4.78 is 14.5. The predicted octanol–water partition coefficient (Wildman–Crippen LogP) is 5.07. The fourth-order valence-electron chi connectivity index (χ4n) is 4.06. The van der Waals surface area contributed by atoms with E-state index in [9.17, 15) is 19.1 Å². The number of rotatable bonds is 6. The first kappa shape index (κ1) is 23.2. The molecular formula is C27H24FN5O3. The van der Waals surface area contributed by atoms with Gasteiger partial charge in [-0.1, -0.05) is 18.6 Å². The predicted molar refractivity (Wildman–Crippen MR) is 132 cm³/mol. The van der Waals surface area contributed by atoms with E-state index in [-0.39, 0.29) is 29.9 Å². The average molecular weight is 486 g/mol. The summed E-state index contributed by atoms with van der Waals surface area (Å²) in [6.45, 7) is 0.222. The van der Waals surface area contributed by atoms with E-state index in [2.05, 4.69) is 20.7 Å². The molecule has 36 heavy (non-hydrogen) atoms. The third-order valence-electron chi connectivity index (χ3n) is 6.26. The minimum Gasteiger partial charge on any atom is -0.507 e. The van der Waals surface area contributed by atoms with Crippen LogP contribution in [0.4, 0.5) is 14.9 Å². The van der Waals surface area contributed by atoms with Crippen molar-refractivity contribution in [1.82, 2.24) is 20.1 Å². The van der Waals surface area contributed by atoms with E-state index in [0.29, 0.717) is 22.5 Å². The Balaban J connectivity index is 1.40. The van der Waals surface area contributed by atoms with Crippen molar-refractivity contribution in [2.45, 2.75) is 31.7 Å². The number of halogens is 1. The van der Waals surface area contributed by atoms with Crippen LogP contribution in [0.15, 0.2) is 73.1 Å². The number of carbonyl (C=O) groups excluding carboxylic acids is 2. The lowest BCUT2D eigenvalue weighted by Crippen LogP contribution is -2.31. The van der Waals surface area contributed by atoms with Crippen LogP contribution < -0.4 is 10.6 Å². The quantitative estimate of drug-likeness (QED) is 0.331. The molecule has 0 radical (unpaired) electrons. The highest BCUT2D eigenvalue weighted by Gasteiger charge is 2.27. The van der Waals surface area contributed by atoms with Gasteiger partial charge in [0.2, 0.25) is 0 Å². The van der Waals surface area contributed by atoms with Crippen LogP contribution >= 0.6 is 0 Å². The number of phenols is 1. The molecule has 1 aliphatic carbocycles. The second-order valence-electron chi connectivity index (χ2n) is 8.71. The number of anilines is 1. The van der Waals surface area contributed by atoms with E-state index >= 15 is 0 Å². The highest BCUT2D eigenvalue weighted by Crippen LogP contribution is 2.39. The first-order valence-corrected chi connectivity index (χ1v) is 11.7. The maximum Gasteiger partial charge on any atom is 0.342 e. The second kappa shape index (κ2) is 9.99. The number of hydrogen-bond donors (Lipinski definition) is 3. The van der Waals surface area contributed by atoms with Gasteiger partial charge >= 0.3 is 6.03 Å². The first-order valence-electron chi connectivity index (χ1n) is 11.7. The molecule has 2 amide bonds. The molecule has 2 heterocycles. The molecule has 1 saturated carbocycles. The molecule has 9 heteroatoms. The number of aromatic nitrogens is 3. The Bertz CT molecular complexity index is 1400. The zero-order valence-electron chi connectivity index (χ0n) is 19.3. The largest absolute Gasteiger partial charge is 0.507 e. The monoisotopic (exact) mass is 485 g/mol. The van der Waals surface area contributed by atoms with Gasteiger partial charge in [0.25, 0.3) is 5.91 Å². The van der Waals surface area contributed by atoms with Crippen molar-refractivity contribution in [3.63, 3.8) is 0 Å². The van der Waals surface area contributed by atoms with Gasteiger partial charge in [-0.25, -0.2) is 9.18 Å². The molecule has 2 aromatic carbocycles. The summed E-state index contributed by atoms with van der Waals surface area (Å²) in [6.07, 6.45) is 6.02. The van der Waals surface area contributed by atoms with Crippen molar-refractivity contribution in [3.8, 4) is 17.0 Å². The standard InChI is InChI=1S/C27H24FN5O3/c28-20-8-6-17(7-9-20)15-30-27(36)33-24(18-3-1-4-18)14-23(32-33)22-13-21(10-11-25(22)34)31-26(35)19-5-2-12-29-16-19/h2,5-14,16,18,34H,1,3-4,15H2,(H,30,36)(H,31,35). The lowest BCUT2D eigenvalue weighted by atomic mass is 9.82. The van der Waals surface area contributed by atoms with Gasteiger partial charge in [0.05, 0.1) is 17.0 Å². The highest BCUT2D eigenvalue weighted by atomic mass is 19.1. The van der Waals surface area contributed by atoms with Crippen molar-refractivity contribution >= 4 is 17.6 Å². The molecule has 1 fully saturated rings. The van der Waals surface area contributed by atoms with Crippen LogP contribution in [-0.4, -0.2) is 31.8 Å². The van der Waals surface area contributed by atoms with Crippen LogP contribution in [-0.2, 0) is 6.54 Å². The summed E-state index contributed by atoms with van der Waals surface area (Å²) in [5.74, 6) is -0.502. The Labute approximate surface area is 206 Å². The van der Waals surface area contributed by atoms with Crippen LogP contribution in [0.3, 0.4) is 0 Å². The Morgan fingerprint density at radius 2 is 1.89 bits per heavy atom. The normalized spacial score (nSPS) is 13.1. The summed E-state index contributed by atoms with van der Waals surface area (Å²) >= 11 is 0. The third-order valence-corrected chi connectivity index (χ3v) is 6.26. The number of pyridine rings is 1. The van der Waals surface area contributed by atoms with Gasteiger partial charge in [0.15, 0.2) is 0 Å². The van der Waals surface area contributed by atoms with E-state index in [0.717, 1.165) is 30.5 Å². The van der Waals surface area contributed by atoms with Gasteiger partial charge in [-0.3, -0.25) is 9.78 Å². The van der Waals surface area contributed by atoms with Crippen molar-refractivity contribution in [2.75, 3.05) is 5.32 Å². The van der Waals surface area contributed by atoms with Crippen LogP contribution in [0.25, 0.3) is 11.3 Å². The van der Waals surface area contributed by atoms with Crippen LogP contribution in [0, 0.1) is 5.82 Å². The Kier molecular flexibility index (Phi) is 6.44. The maximum atomic E-state index is 13.2. The summed E-state index contributed by atoms with van der Waals surface area (Å²) in [5, 5.41) is 20.7. The lowest BCUT2D eigenvalue weighted by molar-refractivity contribution is 0.102. The minimum atomic E-state index is -0.409. The molecule has 8 nitrogen and oxygen atoms in total. The molecular weight excluding hydrogens is 461 g/mol. The Morgan fingerprint density at radius 1 is 1.08 bits per heavy atom. The van der Waals surface area contributed by atoms with Gasteiger partial charge in [0.1, 0.15) is 11.6 Å². The Morgan fingerprint density at radius 3 is 2.58 bits per heavy atom. The van der Waals surface area contributed by atoms with Gasteiger partial charge in [-0.05, 0) is 66.9 Å². The molecule has 0 aliphatic heterocycles. The summed E-state index contributed by atoms with van der Waals surface area (Å²) in [4.78, 5) is 29.5. The van der Waals surface area contributed by atoms with Gasteiger partial charge in [-0.15, -0.1) is 0 Å². The van der Waals surface area contributed by atoms with Crippen LogP contribution in [0.5, 0.6) is 5.75 Å². The number of phenolic OH excluding ortho intramolecular Hbond substituents is 1. The molecule has 0 atom stereocenters. The van der Waals surface area contributed by atoms with E-state index in [4.69, 9.17) is 0 Å². The molecule has 3 N–H and O–H groups in total. The highest BCUT2D eigenvalue weighted by molar-refractivity contribution is 6.04. The summed E-state index contributed by atoms with van der Waals surface area (Å²) in [6, 6.07) is 15.3. The number of benzene rings is 2. The fraction of sp³-hybridized carbons (Fsp3) is 0.185. The molecule has 0 spiro atoms. The molecule has 0 saturated heterocycles. The van der Waals surface area contributed by atoms with E-state index in [1.165, 1.54) is 29.1 Å². The number of aromatic hydroxyl groups is 1. The van der Waals surface area contributed by atoms with Crippen molar-refractivity contribution in [1.29, 1.82) is 0 Å². The van der Waals surface area contributed by atoms with Gasteiger partial charge < -0.3 is 15.7 Å². The van der Waals surface area contributed by atoms with E-state index < -0.39 is 6.03 Å². The topological polar surface area (TPSA) is 109 Å². The third kappa shape index (κ3) is 4.95. The van der Waals surface area contributed by atoms with Crippen molar-refractivity contribution < 1.29 is 19.1 Å². The molecule has 182 valence electrons. The number of nitrogens with zero attached hydrogens (tertiary/aromatic N) is 3. The van der Waals surface area contributed by atoms with Gasteiger partial charge in [-0.2, -0.15) is 9.78 Å². The van der Waals surface area contributed by atoms with E-state index in [1.807, 2.05) is 6.07 Å². The number of hydrogen-bond acceptors (Lipinski definition) is 5. The van der Waals surface area contributed by atoms with Crippen LogP contribution in [0.1, 0.15) is 46.8 Å². The molecule has 0 unspecified atom stereocenters. The number of carbonyl (C=O) groups is 2. The Hall–Kier alpha value is -4.53. The number of nitrogens with one attached hydrogen (secondary N) is 2. The van der Waals surface area contributed by atoms with Gasteiger partial charge in [0, 0.05) is 36.1 Å². The van der Waals surface area contributed by atoms with Crippen LogP contribution in [0.2, 0.25) is 0 Å². The summed E-state index contributed by atoms with van der Waals surface area (Å²) in [7, 11) is 0. The molecule has 0 bridgehead atoms. The molecule has 4 aromatic rings. The molecule has 1 aliphatic rings. The van der Waals surface area contributed by atoms with E-state index in [1.54, 1.807) is 42.6 Å². The van der Waals surface area contributed by atoms with Crippen molar-refractivity contribution in [2.24, 2.45) is 0 Å². The van der Waals surface area contributed by atoms with Crippen molar-refractivity contribution in [3.05, 3.63) is 95.7 Å².